The van der Waals surface area contributed by atoms with E-state index in [2.05, 4.69) is 5.32 Å². The third-order valence-corrected chi connectivity index (χ3v) is 9.33. The second-order valence-electron chi connectivity index (χ2n) is 10.1. The van der Waals surface area contributed by atoms with E-state index in [0.717, 1.165) is 47.5 Å². The number of carbonyl (C=O) groups is 1. The normalized spacial score (nSPS) is 19.8. The summed E-state index contributed by atoms with van der Waals surface area (Å²) in [5, 5.41) is 12.5. The maximum absolute atomic E-state index is 13.7. The van der Waals surface area contributed by atoms with Crippen molar-refractivity contribution in [3.8, 4) is 0 Å². The Hall–Kier alpha value is -2.91. The number of nitrogens with two attached hydrogens (primary N) is 1. The Morgan fingerprint density at radius 1 is 1.02 bits per heavy atom. The van der Waals surface area contributed by atoms with Gasteiger partial charge >= 0.3 is 12.4 Å². The van der Waals surface area contributed by atoms with Crippen LogP contribution in [0.1, 0.15) is 43.2 Å². The summed E-state index contributed by atoms with van der Waals surface area (Å²) in [6, 6.07) is 4.26. The van der Waals surface area contributed by atoms with Gasteiger partial charge in [0.15, 0.2) is 0 Å². The summed E-state index contributed by atoms with van der Waals surface area (Å²) >= 11 is 0. The molecule has 1 heterocycles. The predicted molar refractivity (Wildman–Crippen MR) is 129 cm³/mol. The van der Waals surface area contributed by atoms with E-state index >= 15 is 0 Å². The minimum atomic E-state index is -6.13. The van der Waals surface area contributed by atoms with Crippen molar-refractivity contribution in [2.75, 3.05) is 10.8 Å². The molecule has 0 saturated heterocycles. The largest absolute Gasteiger partial charge is 0.430 e. The summed E-state index contributed by atoms with van der Waals surface area (Å²) < 4.78 is 123. The van der Waals surface area contributed by atoms with E-state index in [1.807, 2.05) is 0 Å². The van der Waals surface area contributed by atoms with Crippen LogP contribution in [0.2, 0.25) is 0 Å². The van der Waals surface area contributed by atoms with Gasteiger partial charge in [-0.2, -0.15) is 26.3 Å². The molecule has 1 fully saturated rings. The minimum Gasteiger partial charge on any atom is -0.369 e. The molecule has 2 aliphatic rings. The monoisotopic (exact) mass is 597 g/mol. The number of amides is 1. The number of hydrogen-bond acceptors (Lipinski definition) is 5. The predicted octanol–water partition coefficient (Wildman–Crippen LogP) is 4.04. The van der Waals surface area contributed by atoms with Crippen molar-refractivity contribution < 1.29 is 49.1 Å². The van der Waals surface area contributed by atoms with Crippen molar-refractivity contribution in [2.24, 2.45) is 5.73 Å². The van der Waals surface area contributed by atoms with Crippen LogP contribution in [0.15, 0.2) is 47.4 Å². The highest BCUT2D eigenvalue weighted by Gasteiger charge is 2.71. The number of nitrogens with zero attached hydrogens (tertiary/aromatic N) is 1. The van der Waals surface area contributed by atoms with E-state index in [-0.39, 0.29) is 30.6 Å². The lowest BCUT2D eigenvalue weighted by molar-refractivity contribution is -0.376. The second-order valence-corrected chi connectivity index (χ2v) is 11.9. The number of anilines is 1. The molecule has 220 valence electrons. The molecule has 2 aromatic carbocycles. The smallest absolute Gasteiger partial charge is 0.369 e. The van der Waals surface area contributed by atoms with E-state index < -0.39 is 61.7 Å². The molecule has 0 radical (unpaired) electrons. The van der Waals surface area contributed by atoms with E-state index in [0.29, 0.717) is 25.0 Å². The first-order valence-electron chi connectivity index (χ1n) is 12.3. The van der Waals surface area contributed by atoms with E-state index in [4.69, 9.17) is 5.73 Å². The number of hydrogen-bond donors (Lipinski definition) is 3. The topological polar surface area (TPSA) is 113 Å². The molecular weight excluding hydrogens is 571 g/mol. The first-order chi connectivity index (χ1) is 18.4. The number of rotatable bonds is 6. The molecule has 15 heteroatoms. The molecule has 0 aromatic heterocycles. The molecule has 0 spiro atoms. The third-order valence-electron chi connectivity index (χ3n) is 7.45. The van der Waals surface area contributed by atoms with Gasteiger partial charge in [-0.3, -0.25) is 9.10 Å². The van der Waals surface area contributed by atoms with Crippen molar-refractivity contribution in [3.05, 3.63) is 59.4 Å². The SMILES string of the molecule is NC1(C(=O)NC[C@@H]2CCc3cc(C(O)(C(F)(F)F)C(F)(F)F)ccc3N2S(=O)(=O)c2ccc(F)cc2)CCCC1. The molecule has 2 aromatic rings. The van der Waals surface area contributed by atoms with Crippen LogP contribution in [0.4, 0.5) is 36.4 Å². The molecule has 1 aliphatic carbocycles. The fraction of sp³-hybridized carbons (Fsp3) is 0.480. The standard InChI is InChI=1S/C25H26F7N3O4S/c26-17-5-8-19(9-6-17)40(38,39)35-18(14-34-21(36)22(33)11-1-2-12-22)7-3-15-13-16(4-10-20(15)35)23(37,24(27,28)29)25(30,31)32/h4-6,8-10,13,18,37H,1-3,7,11-12,14,33H2,(H,34,36)/t18-/m0/s1. The lowest BCUT2D eigenvalue weighted by atomic mass is 9.88. The van der Waals surface area contributed by atoms with Gasteiger partial charge in [-0.15, -0.1) is 0 Å². The van der Waals surface area contributed by atoms with Crippen molar-refractivity contribution in [2.45, 2.75) is 73.0 Å². The summed E-state index contributed by atoms with van der Waals surface area (Å²) in [6.07, 6.45) is -10.2. The number of alkyl halides is 6. The number of sulfonamides is 1. The summed E-state index contributed by atoms with van der Waals surface area (Å²) in [4.78, 5) is 12.4. The summed E-state index contributed by atoms with van der Waals surface area (Å²) in [5.41, 5.74) is -2.14. The van der Waals surface area contributed by atoms with Gasteiger partial charge in [-0.1, -0.05) is 25.0 Å². The molecule has 40 heavy (non-hydrogen) atoms. The van der Waals surface area contributed by atoms with Gasteiger partial charge in [0.25, 0.3) is 15.6 Å². The van der Waals surface area contributed by atoms with Crippen LogP contribution in [0.5, 0.6) is 0 Å². The minimum absolute atomic E-state index is 0.106. The number of aliphatic hydroxyl groups is 1. The summed E-state index contributed by atoms with van der Waals surface area (Å²) in [5.74, 6) is -1.25. The van der Waals surface area contributed by atoms with Crippen LogP contribution in [0.3, 0.4) is 0 Å². The number of halogens is 7. The lowest BCUT2D eigenvalue weighted by Crippen LogP contribution is -2.56. The van der Waals surface area contributed by atoms with Gasteiger partial charge in [0.2, 0.25) is 5.91 Å². The summed E-state index contributed by atoms with van der Waals surface area (Å²) in [7, 11) is -4.55. The zero-order valence-corrected chi connectivity index (χ0v) is 21.6. The molecule has 0 bridgehead atoms. The van der Waals surface area contributed by atoms with Gasteiger partial charge in [-0.05, 0) is 61.6 Å². The zero-order chi connectivity index (χ0) is 29.7. The third kappa shape index (κ3) is 5.14. The molecule has 4 rings (SSSR count). The summed E-state index contributed by atoms with van der Waals surface area (Å²) in [6.45, 7) is -0.256. The van der Waals surface area contributed by atoms with Crippen LogP contribution < -0.4 is 15.4 Å². The Morgan fingerprint density at radius 3 is 2.15 bits per heavy atom. The van der Waals surface area contributed by atoms with E-state index in [1.54, 1.807) is 0 Å². The van der Waals surface area contributed by atoms with Gasteiger partial charge in [0, 0.05) is 12.1 Å². The number of carbonyl (C=O) groups excluding carboxylic acids is 1. The van der Waals surface area contributed by atoms with E-state index in [1.165, 1.54) is 0 Å². The van der Waals surface area contributed by atoms with Crippen LogP contribution in [0, 0.1) is 5.82 Å². The number of nitrogens with one attached hydrogen (secondary N) is 1. The van der Waals surface area contributed by atoms with Gasteiger partial charge in [-0.25, -0.2) is 12.8 Å². The first-order valence-corrected chi connectivity index (χ1v) is 13.7. The highest BCUT2D eigenvalue weighted by atomic mass is 32.2. The molecule has 7 nitrogen and oxygen atoms in total. The van der Waals surface area contributed by atoms with Gasteiger partial charge in [0.05, 0.1) is 22.2 Å². The highest BCUT2D eigenvalue weighted by Crippen LogP contribution is 2.51. The first kappa shape index (κ1) is 30.1. The van der Waals surface area contributed by atoms with Crippen LogP contribution in [-0.4, -0.2) is 49.9 Å². The fourth-order valence-corrected chi connectivity index (χ4v) is 6.92. The number of aryl methyl sites for hydroxylation is 1. The molecule has 4 N–H and O–H groups in total. The average Bonchev–Trinajstić information content (AvgIpc) is 3.32. The Morgan fingerprint density at radius 2 is 1.60 bits per heavy atom. The fourth-order valence-electron chi connectivity index (χ4n) is 5.20. The maximum atomic E-state index is 13.7. The molecule has 1 amide bonds. The Balaban J connectivity index is 1.77. The zero-order valence-electron chi connectivity index (χ0n) is 20.8. The Bertz CT molecular complexity index is 1360. The van der Waals surface area contributed by atoms with Gasteiger partial charge in [0.1, 0.15) is 5.82 Å². The van der Waals surface area contributed by atoms with Crippen molar-refractivity contribution in [3.63, 3.8) is 0 Å². The molecule has 1 aliphatic heterocycles. The molecule has 1 saturated carbocycles. The lowest BCUT2D eigenvalue weighted by Gasteiger charge is -2.39. The van der Waals surface area contributed by atoms with Gasteiger partial charge < -0.3 is 16.2 Å². The number of fused-ring (bicyclic) bond motifs is 1. The van der Waals surface area contributed by atoms with Crippen LogP contribution in [0.25, 0.3) is 0 Å². The molecular formula is C25H26F7N3O4S. The Labute approximate surface area is 225 Å². The second kappa shape index (κ2) is 10.2. The quantitative estimate of drug-likeness (QED) is 0.436. The van der Waals surface area contributed by atoms with Crippen LogP contribution >= 0.6 is 0 Å². The van der Waals surface area contributed by atoms with Crippen molar-refractivity contribution in [1.82, 2.24) is 5.32 Å². The van der Waals surface area contributed by atoms with Crippen molar-refractivity contribution in [1.29, 1.82) is 0 Å². The highest BCUT2D eigenvalue weighted by molar-refractivity contribution is 7.92. The van der Waals surface area contributed by atoms with Crippen molar-refractivity contribution >= 4 is 21.6 Å². The molecule has 0 unspecified atom stereocenters. The number of benzene rings is 2. The van der Waals surface area contributed by atoms with Crippen LogP contribution in [-0.2, 0) is 26.8 Å². The maximum Gasteiger partial charge on any atom is 0.430 e. The van der Waals surface area contributed by atoms with E-state index in [9.17, 15) is 49.1 Å². The Kier molecular flexibility index (Phi) is 7.65. The molecule has 1 atom stereocenters. The average molecular weight is 598 g/mol.